The Labute approximate surface area is 93.0 Å². The molecule has 15 heavy (non-hydrogen) atoms. The first-order valence-electron chi connectivity index (χ1n) is 5.52. The molecule has 0 saturated carbocycles. The molecule has 2 rings (SSSR count). The van der Waals surface area contributed by atoms with Gasteiger partial charge in [-0.05, 0) is 31.6 Å². The first-order valence-corrected chi connectivity index (χ1v) is 8.50. The number of anilines is 1. The summed E-state index contributed by atoms with van der Waals surface area (Å²) in [5.74, 6) is 0. The Hall–Kier alpha value is -0.803. The molecule has 0 spiro atoms. The maximum atomic E-state index is 5.69. The van der Waals surface area contributed by atoms with Crippen LogP contribution in [-0.2, 0) is 4.43 Å². The predicted molar refractivity (Wildman–Crippen MR) is 66.7 cm³/mol. The van der Waals surface area contributed by atoms with Crippen LogP contribution in [0.5, 0.6) is 0 Å². The molecule has 1 heterocycles. The van der Waals surface area contributed by atoms with E-state index in [9.17, 15) is 0 Å². The Morgan fingerprint density at radius 3 is 2.40 bits per heavy atom. The van der Waals surface area contributed by atoms with Crippen LogP contribution in [0, 0.1) is 0 Å². The molecule has 1 saturated heterocycles. The number of para-hydroxylation sites is 1. The number of hydrogen-bond donors (Lipinski definition) is 0. The average Bonchev–Trinajstić information content (AvgIpc) is 2.17. The van der Waals surface area contributed by atoms with E-state index in [0.717, 1.165) is 0 Å². The van der Waals surface area contributed by atoms with E-state index < -0.39 is 8.32 Å². The molecule has 0 aliphatic carbocycles. The van der Waals surface area contributed by atoms with Gasteiger partial charge >= 0.3 is 0 Å². The molecular formula is C12H19NOSi. The van der Waals surface area contributed by atoms with Crippen molar-refractivity contribution in [1.82, 2.24) is 0 Å². The predicted octanol–water partition coefficient (Wildman–Crippen LogP) is 2.66. The van der Waals surface area contributed by atoms with Crippen LogP contribution in [0.1, 0.15) is 6.42 Å². The Morgan fingerprint density at radius 1 is 1.27 bits per heavy atom. The largest absolute Gasteiger partial charge is 0.418 e. The van der Waals surface area contributed by atoms with Crippen molar-refractivity contribution in [3.63, 3.8) is 0 Å². The van der Waals surface area contributed by atoms with Gasteiger partial charge in [-0.15, -0.1) is 0 Å². The van der Waals surface area contributed by atoms with Gasteiger partial charge in [-0.3, -0.25) is 0 Å². The third kappa shape index (κ3) is 1.94. The zero-order chi connectivity index (χ0) is 10.9. The van der Waals surface area contributed by atoms with E-state index in [1.54, 1.807) is 0 Å². The highest BCUT2D eigenvalue weighted by atomic mass is 28.4. The van der Waals surface area contributed by atoms with Gasteiger partial charge in [0.1, 0.15) is 0 Å². The van der Waals surface area contributed by atoms with Crippen molar-refractivity contribution in [3.05, 3.63) is 30.3 Å². The van der Waals surface area contributed by atoms with E-state index in [1.165, 1.54) is 18.7 Å². The summed E-state index contributed by atoms with van der Waals surface area (Å²) in [4.78, 5) is 2.48. The van der Waals surface area contributed by atoms with Gasteiger partial charge in [0.2, 0.25) is 8.32 Å². The fraction of sp³-hybridized carbons (Fsp3) is 0.500. The zero-order valence-electron chi connectivity index (χ0n) is 9.73. The number of rotatable bonds is 3. The molecule has 1 unspecified atom stereocenters. The zero-order valence-corrected chi connectivity index (χ0v) is 10.7. The maximum Gasteiger partial charge on any atom is 0.208 e. The number of benzene rings is 1. The highest BCUT2D eigenvalue weighted by Gasteiger charge is 2.42. The lowest BCUT2D eigenvalue weighted by Gasteiger charge is -2.49. The summed E-state index contributed by atoms with van der Waals surface area (Å²) in [6.45, 7) is 5.77. The minimum absolute atomic E-state index is 0.643. The molecular weight excluding hydrogens is 202 g/mol. The lowest BCUT2D eigenvalue weighted by atomic mass is 10.2. The van der Waals surface area contributed by atoms with Crippen LogP contribution >= 0.6 is 0 Å². The molecule has 1 atom stereocenters. The van der Waals surface area contributed by atoms with Gasteiger partial charge in [0, 0.05) is 25.0 Å². The van der Waals surface area contributed by atoms with Crippen molar-refractivity contribution in [2.45, 2.75) is 25.2 Å². The van der Waals surface area contributed by atoms with Crippen molar-refractivity contribution >= 4 is 14.0 Å². The molecule has 0 radical (unpaired) electrons. The SMILES string of the molecule is CO[Si](C)(C)C1CCN1c1ccccc1. The van der Waals surface area contributed by atoms with Crippen molar-refractivity contribution in [2.24, 2.45) is 0 Å². The quantitative estimate of drug-likeness (QED) is 0.728. The van der Waals surface area contributed by atoms with Gasteiger partial charge in [-0.2, -0.15) is 0 Å². The smallest absolute Gasteiger partial charge is 0.208 e. The van der Waals surface area contributed by atoms with Gasteiger partial charge in [-0.1, -0.05) is 18.2 Å². The molecule has 1 aromatic rings. The summed E-state index contributed by atoms with van der Waals surface area (Å²) >= 11 is 0. The molecule has 82 valence electrons. The Bertz CT molecular complexity index is 326. The van der Waals surface area contributed by atoms with E-state index in [0.29, 0.717) is 5.67 Å². The molecule has 3 heteroatoms. The fourth-order valence-corrected chi connectivity index (χ4v) is 4.30. The second-order valence-corrected chi connectivity index (χ2v) is 8.92. The summed E-state index contributed by atoms with van der Waals surface area (Å²) in [7, 11) is 0.341. The molecule has 1 fully saturated rings. The second kappa shape index (κ2) is 3.98. The van der Waals surface area contributed by atoms with Crippen molar-refractivity contribution in [3.8, 4) is 0 Å². The third-order valence-electron chi connectivity index (χ3n) is 3.44. The van der Waals surface area contributed by atoms with Gasteiger partial charge in [0.05, 0.1) is 0 Å². The van der Waals surface area contributed by atoms with Crippen LogP contribution in [0.4, 0.5) is 5.69 Å². The van der Waals surface area contributed by atoms with Crippen LogP contribution in [0.25, 0.3) is 0 Å². The highest BCUT2D eigenvalue weighted by molar-refractivity contribution is 6.73. The molecule has 0 aromatic heterocycles. The molecule has 0 N–H and O–H groups in total. The van der Waals surface area contributed by atoms with E-state index in [1.807, 2.05) is 7.11 Å². The molecule has 0 amide bonds. The second-order valence-electron chi connectivity index (χ2n) is 4.64. The lowest BCUT2D eigenvalue weighted by molar-refractivity contribution is 0.366. The van der Waals surface area contributed by atoms with E-state index in [2.05, 4.69) is 48.3 Å². The first kappa shape index (κ1) is 10.7. The molecule has 1 aromatic carbocycles. The van der Waals surface area contributed by atoms with Crippen molar-refractivity contribution < 1.29 is 4.43 Å². The normalized spacial score (nSPS) is 21.3. The monoisotopic (exact) mass is 221 g/mol. The highest BCUT2D eigenvalue weighted by Crippen LogP contribution is 2.32. The fourth-order valence-electron chi connectivity index (χ4n) is 2.17. The van der Waals surface area contributed by atoms with Gasteiger partial charge in [-0.25, -0.2) is 0 Å². The summed E-state index contributed by atoms with van der Waals surface area (Å²) in [6, 6.07) is 10.6. The standard InChI is InChI=1S/C12H19NOSi/c1-14-15(2,3)12-9-10-13(12)11-7-5-4-6-8-11/h4-8,12H,9-10H2,1-3H3. The first-order chi connectivity index (χ1) is 7.15. The van der Waals surface area contributed by atoms with Crippen LogP contribution < -0.4 is 4.90 Å². The van der Waals surface area contributed by atoms with Crippen LogP contribution in [-0.4, -0.2) is 27.6 Å². The average molecular weight is 221 g/mol. The van der Waals surface area contributed by atoms with Gasteiger partial charge < -0.3 is 9.33 Å². The summed E-state index contributed by atoms with van der Waals surface area (Å²) in [5, 5.41) is 0. The lowest BCUT2D eigenvalue weighted by Crippen LogP contribution is -2.62. The van der Waals surface area contributed by atoms with Gasteiger partial charge in [0.25, 0.3) is 0 Å². The Kier molecular flexibility index (Phi) is 2.84. The minimum atomic E-state index is -1.51. The molecule has 1 aliphatic rings. The van der Waals surface area contributed by atoms with E-state index in [-0.39, 0.29) is 0 Å². The molecule has 0 bridgehead atoms. The summed E-state index contributed by atoms with van der Waals surface area (Å²) < 4.78 is 5.69. The molecule has 2 nitrogen and oxygen atoms in total. The van der Waals surface area contributed by atoms with Crippen molar-refractivity contribution in [1.29, 1.82) is 0 Å². The van der Waals surface area contributed by atoms with Crippen molar-refractivity contribution in [2.75, 3.05) is 18.6 Å². The minimum Gasteiger partial charge on any atom is -0.418 e. The van der Waals surface area contributed by atoms with Gasteiger partial charge in [0.15, 0.2) is 0 Å². The third-order valence-corrected chi connectivity index (χ3v) is 6.69. The summed E-state index contributed by atoms with van der Waals surface area (Å²) in [6.07, 6.45) is 1.28. The van der Waals surface area contributed by atoms with Crippen LogP contribution in [0.2, 0.25) is 13.1 Å². The number of nitrogens with zero attached hydrogens (tertiary/aromatic N) is 1. The molecule has 1 aliphatic heterocycles. The van der Waals surface area contributed by atoms with Crippen LogP contribution in [0.3, 0.4) is 0 Å². The maximum absolute atomic E-state index is 5.69. The number of hydrogen-bond acceptors (Lipinski definition) is 2. The topological polar surface area (TPSA) is 12.5 Å². The van der Waals surface area contributed by atoms with Crippen LogP contribution in [0.15, 0.2) is 30.3 Å². The summed E-state index contributed by atoms with van der Waals surface area (Å²) in [5.41, 5.74) is 1.98. The van der Waals surface area contributed by atoms with E-state index >= 15 is 0 Å². The Balaban J connectivity index is 2.13. The Morgan fingerprint density at radius 2 is 1.93 bits per heavy atom. The van der Waals surface area contributed by atoms with E-state index in [4.69, 9.17) is 4.43 Å².